The summed E-state index contributed by atoms with van der Waals surface area (Å²) in [6.07, 6.45) is -0.930. The van der Waals surface area contributed by atoms with Crippen LogP contribution in [-0.2, 0) is 9.53 Å². The number of esters is 1. The number of halogens is 2. The zero-order valence-corrected chi connectivity index (χ0v) is 7.54. The maximum Gasteiger partial charge on any atom is 0.345 e. The van der Waals surface area contributed by atoms with Crippen LogP contribution in [0.3, 0.4) is 0 Å². The molecule has 1 unspecified atom stereocenters. The molecule has 0 aromatic carbocycles. The van der Waals surface area contributed by atoms with E-state index in [1.165, 1.54) is 12.3 Å². The highest BCUT2D eigenvalue weighted by molar-refractivity contribution is 5.76. The van der Waals surface area contributed by atoms with Gasteiger partial charge in [-0.2, -0.15) is 4.39 Å². The Morgan fingerprint density at radius 3 is 3.00 bits per heavy atom. The largest absolute Gasteiger partial charge is 0.464 e. The van der Waals surface area contributed by atoms with Crippen molar-refractivity contribution in [2.75, 3.05) is 6.61 Å². The molecule has 0 saturated heterocycles. The number of rotatable bonds is 3. The SMILES string of the molecule is CCOC(=O)C(F)c1cccnc1F. The summed E-state index contributed by atoms with van der Waals surface area (Å²) in [5.74, 6) is -2.09. The van der Waals surface area contributed by atoms with Crippen molar-refractivity contribution in [3.63, 3.8) is 0 Å². The molecule has 0 aliphatic carbocycles. The molecule has 0 aliphatic heterocycles. The third kappa shape index (κ3) is 2.25. The predicted molar refractivity (Wildman–Crippen MR) is 44.7 cm³/mol. The lowest BCUT2D eigenvalue weighted by Gasteiger charge is -2.07. The molecule has 0 amide bonds. The lowest BCUT2D eigenvalue weighted by molar-refractivity contribution is -0.149. The van der Waals surface area contributed by atoms with Crippen LogP contribution in [-0.4, -0.2) is 17.6 Å². The summed E-state index contributed by atoms with van der Waals surface area (Å²) in [6.45, 7) is 1.60. The first-order valence-electron chi connectivity index (χ1n) is 4.08. The Bertz CT molecular complexity index is 330. The smallest absolute Gasteiger partial charge is 0.345 e. The molecule has 0 saturated carbocycles. The highest BCUT2D eigenvalue weighted by Gasteiger charge is 2.24. The Balaban J connectivity index is 2.84. The second kappa shape index (κ2) is 4.64. The van der Waals surface area contributed by atoms with E-state index in [9.17, 15) is 13.6 Å². The van der Waals surface area contributed by atoms with Gasteiger partial charge in [0.05, 0.1) is 12.2 Å². The van der Waals surface area contributed by atoms with Crippen LogP contribution in [0.2, 0.25) is 0 Å². The third-order valence-corrected chi connectivity index (χ3v) is 1.55. The fraction of sp³-hybridized carbons (Fsp3) is 0.333. The van der Waals surface area contributed by atoms with Crippen LogP contribution in [0.25, 0.3) is 0 Å². The summed E-state index contributed by atoms with van der Waals surface area (Å²) in [7, 11) is 0. The van der Waals surface area contributed by atoms with Crippen molar-refractivity contribution < 1.29 is 18.3 Å². The zero-order valence-electron chi connectivity index (χ0n) is 7.54. The van der Waals surface area contributed by atoms with Gasteiger partial charge in [0.1, 0.15) is 0 Å². The Hall–Kier alpha value is -1.52. The molecular formula is C9H9F2NO2. The van der Waals surface area contributed by atoms with Gasteiger partial charge < -0.3 is 4.74 Å². The first kappa shape index (κ1) is 10.6. The van der Waals surface area contributed by atoms with E-state index in [-0.39, 0.29) is 6.61 Å². The molecular weight excluding hydrogens is 192 g/mol. The van der Waals surface area contributed by atoms with Crippen molar-refractivity contribution in [3.8, 4) is 0 Å². The summed E-state index contributed by atoms with van der Waals surface area (Å²) in [4.78, 5) is 14.1. The molecule has 1 heterocycles. The quantitative estimate of drug-likeness (QED) is 0.552. The number of carbonyl (C=O) groups is 1. The van der Waals surface area contributed by atoms with Gasteiger partial charge in [-0.05, 0) is 19.1 Å². The molecule has 1 aromatic rings. The van der Waals surface area contributed by atoms with Gasteiger partial charge in [-0.1, -0.05) is 0 Å². The molecule has 1 aromatic heterocycles. The molecule has 14 heavy (non-hydrogen) atoms. The van der Waals surface area contributed by atoms with Gasteiger partial charge in [-0.3, -0.25) is 0 Å². The minimum atomic E-state index is -2.11. The highest BCUT2D eigenvalue weighted by atomic mass is 19.1. The first-order chi connectivity index (χ1) is 6.66. The molecule has 3 nitrogen and oxygen atoms in total. The lowest BCUT2D eigenvalue weighted by Crippen LogP contribution is -2.13. The molecule has 76 valence electrons. The van der Waals surface area contributed by atoms with E-state index in [1.807, 2.05) is 0 Å². The molecule has 1 atom stereocenters. The Morgan fingerprint density at radius 2 is 2.43 bits per heavy atom. The van der Waals surface area contributed by atoms with Gasteiger partial charge in [0.2, 0.25) is 12.1 Å². The van der Waals surface area contributed by atoms with E-state index in [2.05, 4.69) is 9.72 Å². The predicted octanol–water partition coefficient (Wildman–Crippen LogP) is 1.79. The highest BCUT2D eigenvalue weighted by Crippen LogP contribution is 2.20. The van der Waals surface area contributed by atoms with Crippen molar-refractivity contribution in [1.29, 1.82) is 0 Å². The van der Waals surface area contributed by atoms with Crippen LogP contribution in [0.5, 0.6) is 0 Å². The first-order valence-corrected chi connectivity index (χ1v) is 4.08. The second-order valence-electron chi connectivity index (χ2n) is 2.50. The van der Waals surface area contributed by atoms with E-state index in [0.29, 0.717) is 0 Å². The monoisotopic (exact) mass is 201 g/mol. The summed E-state index contributed by atoms with van der Waals surface area (Å²) >= 11 is 0. The van der Waals surface area contributed by atoms with E-state index in [1.54, 1.807) is 6.92 Å². The Morgan fingerprint density at radius 1 is 1.71 bits per heavy atom. The van der Waals surface area contributed by atoms with Gasteiger partial charge in [0, 0.05) is 6.20 Å². The average molecular weight is 201 g/mol. The number of hydrogen-bond donors (Lipinski definition) is 0. The number of aromatic nitrogens is 1. The fourth-order valence-corrected chi connectivity index (χ4v) is 0.930. The van der Waals surface area contributed by atoms with E-state index in [4.69, 9.17) is 0 Å². The van der Waals surface area contributed by atoms with E-state index < -0.39 is 23.7 Å². The van der Waals surface area contributed by atoms with Gasteiger partial charge in [0.25, 0.3) is 0 Å². The lowest BCUT2D eigenvalue weighted by atomic mass is 10.2. The summed E-state index contributed by atoms with van der Waals surface area (Å²) in [6, 6.07) is 2.51. The van der Waals surface area contributed by atoms with Crippen molar-refractivity contribution in [2.45, 2.75) is 13.1 Å². The Kier molecular flexibility index (Phi) is 3.50. The number of pyridine rings is 1. The van der Waals surface area contributed by atoms with Crippen molar-refractivity contribution in [1.82, 2.24) is 4.98 Å². The molecule has 1 rings (SSSR count). The number of carbonyl (C=O) groups excluding carboxylic acids is 1. The number of hydrogen-bond acceptors (Lipinski definition) is 3. The minimum absolute atomic E-state index is 0.0567. The average Bonchev–Trinajstić information content (AvgIpc) is 2.18. The summed E-state index contributed by atoms with van der Waals surface area (Å²) in [5, 5.41) is 0. The molecule has 0 N–H and O–H groups in total. The second-order valence-corrected chi connectivity index (χ2v) is 2.50. The van der Waals surface area contributed by atoms with E-state index in [0.717, 1.165) is 6.07 Å². The molecule has 0 bridgehead atoms. The third-order valence-electron chi connectivity index (χ3n) is 1.55. The van der Waals surface area contributed by atoms with Crippen LogP contribution in [0, 0.1) is 5.95 Å². The molecule has 0 fully saturated rings. The van der Waals surface area contributed by atoms with Crippen LogP contribution < -0.4 is 0 Å². The topological polar surface area (TPSA) is 39.2 Å². The summed E-state index contributed by atoms with van der Waals surface area (Å²) in [5.41, 5.74) is -0.397. The van der Waals surface area contributed by atoms with Gasteiger partial charge in [0.15, 0.2) is 0 Å². The Labute approximate surface area is 79.7 Å². The number of ether oxygens (including phenoxy) is 1. The van der Waals surface area contributed by atoms with Crippen LogP contribution >= 0.6 is 0 Å². The van der Waals surface area contributed by atoms with Crippen molar-refractivity contribution >= 4 is 5.97 Å². The van der Waals surface area contributed by atoms with Gasteiger partial charge in [-0.15, -0.1) is 0 Å². The molecule has 5 heteroatoms. The van der Waals surface area contributed by atoms with Crippen LogP contribution in [0.15, 0.2) is 18.3 Å². The summed E-state index contributed by atoms with van der Waals surface area (Å²) < 4.78 is 30.5. The van der Waals surface area contributed by atoms with E-state index >= 15 is 0 Å². The van der Waals surface area contributed by atoms with Gasteiger partial charge >= 0.3 is 5.97 Å². The van der Waals surface area contributed by atoms with Crippen LogP contribution in [0.4, 0.5) is 8.78 Å². The van der Waals surface area contributed by atoms with Crippen molar-refractivity contribution in [3.05, 3.63) is 29.8 Å². The number of alkyl halides is 1. The molecule has 0 spiro atoms. The standard InChI is InChI=1S/C9H9F2NO2/c1-2-14-9(13)7(10)6-4-3-5-12-8(6)11/h3-5,7H,2H2,1H3. The molecule has 0 aliphatic rings. The number of nitrogens with zero attached hydrogens (tertiary/aromatic N) is 1. The van der Waals surface area contributed by atoms with Gasteiger partial charge in [-0.25, -0.2) is 14.2 Å². The van der Waals surface area contributed by atoms with Crippen molar-refractivity contribution in [2.24, 2.45) is 0 Å². The maximum absolute atomic E-state index is 13.2. The van der Waals surface area contributed by atoms with Crippen LogP contribution in [0.1, 0.15) is 18.7 Å². The molecule has 0 radical (unpaired) electrons. The maximum atomic E-state index is 13.2. The zero-order chi connectivity index (χ0) is 10.6. The fourth-order valence-electron chi connectivity index (χ4n) is 0.930. The normalized spacial score (nSPS) is 12.2. The minimum Gasteiger partial charge on any atom is -0.464 e.